The number of nitrogens with one attached hydrogen (secondary N) is 2. The molecule has 1 aromatic heterocycles. The number of hydrogen-bond donors (Lipinski definition) is 2. The van der Waals surface area contributed by atoms with Crippen LogP contribution in [0.3, 0.4) is 0 Å². The molecule has 1 amide bonds. The van der Waals surface area contributed by atoms with Crippen LogP contribution in [0.2, 0.25) is 10.0 Å². The lowest BCUT2D eigenvalue weighted by molar-refractivity contribution is -0.127. The zero-order valence-electron chi connectivity index (χ0n) is 15.6. The minimum Gasteiger partial charge on any atom is -0.497 e. The molecule has 3 rings (SSSR count). The largest absolute Gasteiger partial charge is 0.497 e. The highest BCUT2D eigenvalue weighted by molar-refractivity contribution is 6.35. The molecule has 2 N–H and O–H groups in total. The average molecular weight is 433 g/mol. The highest BCUT2D eigenvalue weighted by Gasteiger charge is 2.16. The van der Waals surface area contributed by atoms with Crippen LogP contribution >= 0.6 is 23.2 Å². The second-order valence-electron chi connectivity index (χ2n) is 6.00. The lowest BCUT2D eigenvalue weighted by atomic mass is 10.1. The molecule has 0 aliphatic heterocycles. The molecule has 0 spiro atoms. The number of amides is 1. The molecule has 0 saturated carbocycles. The topological polar surface area (TPSA) is 88.6 Å². The summed E-state index contributed by atoms with van der Waals surface area (Å²) in [6.45, 7) is 1.59. The van der Waals surface area contributed by atoms with Crippen molar-refractivity contribution in [2.45, 2.75) is 13.0 Å². The van der Waals surface area contributed by atoms with Crippen molar-refractivity contribution in [1.82, 2.24) is 15.6 Å². The van der Waals surface area contributed by atoms with Crippen molar-refractivity contribution in [1.29, 1.82) is 0 Å². The van der Waals surface area contributed by atoms with Crippen LogP contribution < -0.4 is 14.9 Å². The number of hydrogen-bond acceptors (Lipinski definition) is 5. The Bertz CT molecular complexity index is 1020. The van der Waals surface area contributed by atoms with E-state index in [4.69, 9.17) is 32.7 Å². The van der Waals surface area contributed by atoms with E-state index in [2.05, 4.69) is 20.7 Å². The van der Waals surface area contributed by atoms with E-state index in [1.54, 1.807) is 38.4 Å². The van der Waals surface area contributed by atoms with E-state index in [1.165, 1.54) is 6.21 Å². The van der Waals surface area contributed by atoms with Crippen LogP contribution in [0.25, 0.3) is 11.3 Å². The second kappa shape index (κ2) is 9.45. The zero-order chi connectivity index (χ0) is 20.8. The molecular weight excluding hydrogens is 415 g/mol. The van der Waals surface area contributed by atoms with E-state index in [-0.39, 0.29) is 0 Å². The number of halogens is 2. The summed E-state index contributed by atoms with van der Waals surface area (Å²) in [5.74, 6) is 0.687. The molecule has 7 nitrogen and oxygen atoms in total. The van der Waals surface area contributed by atoms with Crippen LogP contribution in [0.4, 0.5) is 0 Å². The van der Waals surface area contributed by atoms with E-state index >= 15 is 0 Å². The summed E-state index contributed by atoms with van der Waals surface area (Å²) in [6, 6.07) is 12.3. The molecule has 1 heterocycles. The van der Waals surface area contributed by atoms with Crippen molar-refractivity contribution >= 4 is 35.3 Å². The second-order valence-corrected chi connectivity index (χ2v) is 6.84. The van der Waals surface area contributed by atoms with Crippen molar-refractivity contribution in [2.24, 2.45) is 5.10 Å². The van der Waals surface area contributed by atoms with Crippen molar-refractivity contribution in [2.75, 3.05) is 7.11 Å². The van der Waals surface area contributed by atoms with Crippen LogP contribution in [0.5, 0.6) is 11.5 Å². The summed E-state index contributed by atoms with van der Waals surface area (Å²) in [4.78, 5) is 12.2. The number of rotatable bonds is 7. The highest BCUT2D eigenvalue weighted by atomic mass is 35.5. The zero-order valence-corrected chi connectivity index (χ0v) is 17.2. The first-order valence-electron chi connectivity index (χ1n) is 8.60. The Morgan fingerprint density at radius 1 is 1.24 bits per heavy atom. The van der Waals surface area contributed by atoms with Crippen molar-refractivity contribution in [3.63, 3.8) is 0 Å². The molecule has 9 heteroatoms. The van der Waals surface area contributed by atoms with Gasteiger partial charge in [-0.15, -0.1) is 0 Å². The maximum absolute atomic E-state index is 12.2. The minimum absolute atomic E-state index is 0.322. The summed E-state index contributed by atoms with van der Waals surface area (Å²) < 4.78 is 10.7. The van der Waals surface area contributed by atoms with Crippen LogP contribution in [-0.2, 0) is 4.79 Å². The average Bonchev–Trinajstić information content (AvgIpc) is 3.18. The SMILES string of the molecule is COc1ccc(-c2[nH]ncc2/C=N\NC(=O)C(C)Oc2ccc(Cl)cc2Cl)cc1. The quantitative estimate of drug-likeness (QED) is 0.429. The number of aromatic nitrogens is 2. The van der Waals surface area contributed by atoms with E-state index in [0.29, 0.717) is 21.4 Å². The van der Waals surface area contributed by atoms with E-state index in [0.717, 1.165) is 17.0 Å². The molecule has 1 unspecified atom stereocenters. The standard InChI is InChI=1S/C20H18Cl2N4O3/c1-12(29-18-8-5-15(21)9-17(18)22)20(27)26-24-11-14-10-23-25-19(14)13-3-6-16(28-2)7-4-13/h3-12H,1-2H3,(H,23,25)(H,26,27)/b24-11-. The Balaban J connectivity index is 1.62. The van der Waals surface area contributed by atoms with Gasteiger partial charge in [0.05, 0.1) is 30.2 Å². The highest BCUT2D eigenvalue weighted by Crippen LogP contribution is 2.28. The van der Waals surface area contributed by atoms with Crippen LogP contribution in [0, 0.1) is 0 Å². The Labute approximate surface area is 177 Å². The van der Waals surface area contributed by atoms with Crippen molar-refractivity contribution in [3.8, 4) is 22.8 Å². The summed E-state index contributed by atoms with van der Waals surface area (Å²) in [5.41, 5.74) is 4.83. The van der Waals surface area contributed by atoms with Crippen molar-refractivity contribution < 1.29 is 14.3 Å². The molecule has 150 valence electrons. The van der Waals surface area contributed by atoms with Gasteiger partial charge in [-0.25, -0.2) is 5.43 Å². The van der Waals surface area contributed by atoms with E-state index in [1.807, 2.05) is 24.3 Å². The van der Waals surface area contributed by atoms with Gasteiger partial charge in [0.25, 0.3) is 5.91 Å². The summed E-state index contributed by atoms with van der Waals surface area (Å²) in [5, 5.41) is 11.8. The molecule has 0 fully saturated rings. The van der Waals surface area contributed by atoms with Gasteiger partial charge in [0, 0.05) is 16.1 Å². The minimum atomic E-state index is -0.809. The fourth-order valence-electron chi connectivity index (χ4n) is 2.45. The third-order valence-electron chi connectivity index (χ3n) is 3.99. The number of carbonyl (C=O) groups is 1. The van der Waals surface area contributed by atoms with Crippen LogP contribution in [0.1, 0.15) is 12.5 Å². The molecule has 29 heavy (non-hydrogen) atoms. The number of methoxy groups -OCH3 is 1. The Morgan fingerprint density at radius 3 is 2.69 bits per heavy atom. The van der Waals surface area contributed by atoms with Crippen LogP contribution in [-0.4, -0.2) is 35.5 Å². The molecule has 0 saturated heterocycles. The maximum Gasteiger partial charge on any atom is 0.280 e. The van der Waals surface area contributed by atoms with E-state index in [9.17, 15) is 4.79 Å². The van der Waals surface area contributed by atoms with Gasteiger partial charge in [0.2, 0.25) is 0 Å². The molecular formula is C20H18Cl2N4O3. The van der Waals surface area contributed by atoms with Gasteiger partial charge < -0.3 is 9.47 Å². The number of H-pyrrole nitrogens is 1. The molecule has 0 aliphatic carbocycles. The lowest BCUT2D eigenvalue weighted by Crippen LogP contribution is -2.33. The van der Waals surface area contributed by atoms with Gasteiger partial charge in [0.1, 0.15) is 11.5 Å². The summed E-state index contributed by atoms with van der Waals surface area (Å²) in [6.07, 6.45) is 2.31. The normalized spacial score (nSPS) is 12.0. The van der Waals surface area contributed by atoms with E-state index < -0.39 is 12.0 Å². The maximum atomic E-state index is 12.2. The molecule has 0 bridgehead atoms. The number of aromatic amines is 1. The number of benzene rings is 2. The molecule has 0 aliphatic rings. The Kier molecular flexibility index (Phi) is 6.74. The molecule has 2 aromatic carbocycles. The van der Waals surface area contributed by atoms with Crippen molar-refractivity contribution in [3.05, 3.63) is 64.3 Å². The third kappa shape index (κ3) is 5.28. The fourth-order valence-corrected chi connectivity index (χ4v) is 2.91. The molecule has 1 atom stereocenters. The summed E-state index contributed by atoms with van der Waals surface area (Å²) in [7, 11) is 1.61. The monoisotopic (exact) mass is 432 g/mol. The van der Waals surface area contributed by atoms with Gasteiger partial charge in [-0.05, 0) is 49.4 Å². The fraction of sp³-hybridized carbons (Fsp3) is 0.150. The van der Waals surface area contributed by atoms with Gasteiger partial charge >= 0.3 is 0 Å². The van der Waals surface area contributed by atoms with Gasteiger partial charge in [-0.3, -0.25) is 9.89 Å². The van der Waals surface area contributed by atoms with Crippen LogP contribution in [0.15, 0.2) is 53.8 Å². The predicted molar refractivity (Wildman–Crippen MR) is 113 cm³/mol. The predicted octanol–water partition coefficient (Wildman–Crippen LogP) is 4.31. The number of ether oxygens (including phenoxy) is 2. The first-order chi connectivity index (χ1) is 14.0. The first-order valence-corrected chi connectivity index (χ1v) is 9.36. The number of nitrogens with zero attached hydrogens (tertiary/aromatic N) is 2. The number of hydrazone groups is 1. The molecule has 0 radical (unpaired) electrons. The van der Waals surface area contributed by atoms with Gasteiger partial charge in [0.15, 0.2) is 6.10 Å². The molecule has 3 aromatic rings. The first kappa shape index (κ1) is 20.7. The number of carbonyl (C=O) groups excluding carboxylic acids is 1. The lowest BCUT2D eigenvalue weighted by Gasteiger charge is -2.14. The smallest absolute Gasteiger partial charge is 0.280 e. The Morgan fingerprint density at radius 2 is 2.00 bits per heavy atom. The third-order valence-corrected chi connectivity index (χ3v) is 4.52. The van der Waals surface area contributed by atoms with Gasteiger partial charge in [-0.2, -0.15) is 10.2 Å². The van der Waals surface area contributed by atoms with Gasteiger partial charge in [-0.1, -0.05) is 23.2 Å². The Hall–Kier alpha value is -3.03. The summed E-state index contributed by atoms with van der Waals surface area (Å²) >= 11 is 11.9.